The van der Waals surface area contributed by atoms with E-state index in [1.165, 1.54) is 0 Å². The van der Waals surface area contributed by atoms with Gasteiger partial charge >= 0.3 is 0 Å². The monoisotopic (exact) mass is 575 g/mol. The lowest BCUT2D eigenvalue weighted by Gasteiger charge is -2.41. The highest BCUT2D eigenvalue weighted by Gasteiger charge is 2.31. The van der Waals surface area contributed by atoms with E-state index in [0.29, 0.717) is 58.1 Å². The topological polar surface area (TPSA) is 86.5 Å². The van der Waals surface area contributed by atoms with Crippen molar-refractivity contribution in [3.8, 4) is 11.8 Å². The second-order valence-corrected chi connectivity index (χ2v) is 11.5. The number of morpholine rings is 1. The van der Waals surface area contributed by atoms with Crippen molar-refractivity contribution in [2.24, 2.45) is 0 Å². The van der Waals surface area contributed by atoms with E-state index in [-0.39, 0.29) is 23.1 Å². The molecule has 9 heteroatoms. The predicted molar refractivity (Wildman–Crippen MR) is 167 cm³/mol. The van der Waals surface area contributed by atoms with Gasteiger partial charge in [0, 0.05) is 49.2 Å². The van der Waals surface area contributed by atoms with Gasteiger partial charge in [-0.15, -0.1) is 0 Å². The number of nitriles is 1. The smallest absolute Gasteiger partial charge is 0.199 e. The number of rotatable bonds is 5. The number of nitrogens with zero attached hydrogens (tertiary/aromatic N) is 4. The van der Waals surface area contributed by atoms with E-state index >= 15 is 4.39 Å². The zero-order chi connectivity index (χ0) is 30.1. The van der Waals surface area contributed by atoms with Gasteiger partial charge in [-0.05, 0) is 58.7 Å². The number of fused-ring (bicyclic) bond motifs is 4. The Kier molecular flexibility index (Phi) is 8.76. The van der Waals surface area contributed by atoms with Crippen molar-refractivity contribution in [2.75, 3.05) is 44.3 Å². The predicted octanol–water partition coefficient (Wildman–Crippen LogP) is 6.34. The summed E-state index contributed by atoms with van der Waals surface area (Å²) in [6, 6.07) is 9.44. The molecule has 0 aliphatic carbocycles. The first-order valence-electron chi connectivity index (χ1n) is 15.3. The molecule has 0 atom stereocenters. The molecule has 0 amide bonds. The lowest BCUT2D eigenvalue weighted by atomic mass is 10.0. The second-order valence-electron chi connectivity index (χ2n) is 11.5. The van der Waals surface area contributed by atoms with Gasteiger partial charge in [-0.3, -0.25) is 9.69 Å². The Morgan fingerprint density at radius 1 is 1.05 bits per heavy atom. The number of ether oxygens (including phenoxy) is 2. The lowest BCUT2D eigenvalue weighted by molar-refractivity contribution is 0.0114. The lowest BCUT2D eigenvalue weighted by Crippen LogP contribution is -2.49. The van der Waals surface area contributed by atoms with E-state index in [1.54, 1.807) is 24.3 Å². The van der Waals surface area contributed by atoms with Crippen LogP contribution in [0.2, 0.25) is 0 Å². The molecule has 0 spiro atoms. The molecule has 2 fully saturated rings. The quantitative estimate of drug-likeness (QED) is 0.299. The van der Waals surface area contributed by atoms with Crippen molar-refractivity contribution in [2.45, 2.75) is 72.6 Å². The summed E-state index contributed by atoms with van der Waals surface area (Å²) in [6.07, 6.45) is 1.67. The maximum Gasteiger partial charge on any atom is 0.199 e. The van der Waals surface area contributed by atoms with Crippen LogP contribution in [0.5, 0.6) is 5.75 Å². The number of hydrogen-bond donors (Lipinski definition) is 1. The van der Waals surface area contributed by atoms with Gasteiger partial charge in [0.05, 0.1) is 47.2 Å². The molecule has 4 aromatic rings. The van der Waals surface area contributed by atoms with Crippen LogP contribution in [0.1, 0.15) is 66.0 Å². The molecule has 2 aromatic carbocycles. The first-order valence-corrected chi connectivity index (χ1v) is 15.3. The van der Waals surface area contributed by atoms with Gasteiger partial charge in [0.1, 0.15) is 17.1 Å². The Bertz CT molecular complexity index is 1690. The highest BCUT2D eigenvalue weighted by molar-refractivity contribution is 6.10. The van der Waals surface area contributed by atoms with Gasteiger partial charge < -0.3 is 23.9 Å². The van der Waals surface area contributed by atoms with Crippen LogP contribution in [0.25, 0.3) is 32.8 Å². The minimum atomic E-state index is -0.429. The molecule has 0 radical (unpaired) electrons. The third-order valence-corrected chi connectivity index (χ3v) is 8.26. The van der Waals surface area contributed by atoms with Crippen LogP contribution in [-0.2, 0) is 4.74 Å². The van der Waals surface area contributed by atoms with Crippen molar-refractivity contribution < 1.29 is 13.9 Å². The first kappa shape index (κ1) is 29.9. The number of nitrogens with one attached hydrogen (secondary N) is 1. The van der Waals surface area contributed by atoms with Crippen LogP contribution in [0, 0.1) is 17.1 Å². The minimum Gasteiger partial charge on any atom is -0.489 e. The molecular formula is C33H42FN5O3. The highest BCUT2D eigenvalue weighted by atomic mass is 19.1. The van der Waals surface area contributed by atoms with E-state index in [9.17, 15) is 10.1 Å². The number of aromatic nitrogens is 2. The summed E-state index contributed by atoms with van der Waals surface area (Å²) in [5.41, 5.74) is 2.20. The summed E-state index contributed by atoms with van der Waals surface area (Å²) in [4.78, 5) is 22.0. The summed E-state index contributed by atoms with van der Waals surface area (Å²) in [5, 5.41) is 10.9. The molecule has 2 aromatic heterocycles. The van der Waals surface area contributed by atoms with Gasteiger partial charge in [0.2, 0.25) is 0 Å². The van der Waals surface area contributed by atoms with Gasteiger partial charge in [-0.25, -0.2) is 4.39 Å². The van der Waals surface area contributed by atoms with Gasteiger partial charge in [-0.2, -0.15) is 5.26 Å². The van der Waals surface area contributed by atoms with E-state index in [0.717, 1.165) is 44.5 Å². The first-order chi connectivity index (χ1) is 20.3. The van der Waals surface area contributed by atoms with E-state index < -0.39 is 5.82 Å². The Labute approximate surface area is 246 Å². The molecule has 2 aliphatic heterocycles. The number of benzene rings is 2. The summed E-state index contributed by atoms with van der Waals surface area (Å²) >= 11 is 0. The largest absolute Gasteiger partial charge is 0.489 e. The fourth-order valence-corrected chi connectivity index (χ4v) is 6.48. The summed E-state index contributed by atoms with van der Waals surface area (Å²) in [5.74, 6) is -0.0229. The number of hydrogen-bond acceptors (Lipinski definition) is 6. The molecule has 4 heterocycles. The van der Waals surface area contributed by atoms with Crippen LogP contribution in [0.15, 0.2) is 29.1 Å². The zero-order valence-electron chi connectivity index (χ0n) is 25.6. The Hall–Kier alpha value is -3.61. The molecular weight excluding hydrogens is 533 g/mol. The maximum atomic E-state index is 17.0. The molecule has 2 aliphatic rings. The number of halogens is 1. The van der Waals surface area contributed by atoms with Crippen LogP contribution in [0.4, 0.5) is 10.1 Å². The molecule has 0 saturated carbocycles. The van der Waals surface area contributed by atoms with Crippen molar-refractivity contribution in [1.82, 2.24) is 14.5 Å². The van der Waals surface area contributed by atoms with E-state index in [4.69, 9.17) is 9.47 Å². The number of H-pyrrole nitrogens is 1. The number of aromatic amines is 1. The van der Waals surface area contributed by atoms with Gasteiger partial charge in [0.25, 0.3) is 0 Å². The molecule has 224 valence electrons. The number of anilines is 1. The fraction of sp³-hybridized carbons (Fsp3) is 0.515. The van der Waals surface area contributed by atoms with E-state index in [1.807, 2.05) is 46.1 Å². The van der Waals surface area contributed by atoms with Crippen LogP contribution in [-0.4, -0.2) is 66.0 Å². The Morgan fingerprint density at radius 3 is 2.36 bits per heavy atom. The molecule has 8 nitrogen and oxygen atoms in total. The molecule has 6 rings (SSSR count). The van der Waals surface area contributed by atoms with Crippen LogP contribution >= 0.6 is 0 Å². The van der Waals surface area contributed by atoms with Crippen molar-refractivity contribution in [3.05, 3.63) is 45.9 Å². The summed E-state index contributed by atoms with van der Waals surface area (Å²) in [7, 11) is 0. The number of piperidine rings is 1. The highest BCUT2D eigenvalue weighted by Crippen LogP contribution is 2.41. The van der Waals surface area contributed by atoms with Gasteiger partial charge in [-0.1, -0.05) is 19.9 Å². The molecule has 42 heavy (non-hydrogen) atoms. The standard InChI is InChI=1S/C31H36FN5O3.C2H6/c1-18(2)37-28-23(30(38)26-22-6-5-20(17-33)15-24(22)34-31(26)37)16-25(40-19(3)4)29(27(28)32)36-9-7-21(8-10-36)35-11-13-39-14-12-35;1-2/h5-6,15-16,18-19,21,34H,7-14H2,1-4H3;1-2H3. The third kappa shape index (κ3) is 5.23. The zero-order valence-corrected chi connectivity index (χ0v) is 25.6. The molecule has 0 bridgehead atoms. The molecule has 2 saturated heterocycles. The molecule has 0 unspecified atom stereocenters. The summed E-state index contributed by atoms with van der Waals surface area (Å²) in [6.45, 7) is 16.6. The minimum absolute atomic E-state index is 0.139. The third-order valence-electron chi connectivity index (χ3n) is 8.26. The normalized spacial score (nSPS) is 16.8. The summed E-state index contributed by atoms with van der Waals surface area (Å²) < 4.78 is 30.6. The van der Waals surface area contributed by atoms with Crippen LogP contribution in [0.3, 0.4) is 0 Å². The van der Waals surface area contributed by atoms with Crippen LogP contribution < -0.4 is 15.1 Å². The van der Waals surface area contributed by atoms with Crippen molar-refractivity contribution in [3.63, 3.8) is 0 Å². The second kappa shape index (κ2) is 12.3. The average molecular weight is 576 g/mol. The average Bonchev–Trinajstić information content (AvgIpc) is 3.38. The van der Waals surface area contributed by atoms with Crippen molar-refractivity contribution in [1.29, 1.82) is 5.26 Å². The Balaban J connectivity index is 0.00000173. The van der Waals surface area contributed by atoms with E-state index in [2.05, 4.69) is 20.9 Å². The Morgan fingerprint density at radius 2 is 1.74 bits per heavy atom. The SMILES string of the molecule is CC.CC(C)Oc1cc2c(=O)c3c4ccc(C#N)cc4[nH]c3n(C(C)C)c2c(F)c1N1CCC(N2CCOCC2)CC1. The van der Waals surface area contributed by atoms with Gasteiger partial charge in [0.15, 0.2) is 11.2 Å². The fourth-order valence-electron chi connectivity index (χ4n) is 6.48. The number of pyridine rings is 1. The maximum absolute atomic E-state index is 17.0. The molecule has 1 N–H and O–H groups in total. The van der Waals surface area contributed by atoms with Crippen molar-refractivity contribution >= 4 is 38.5 Å².